The molecule has 2 nitrogen and oxygen atoms in total. The minimum atomic E-state index is -0.0120. The highest BCUT2D eigenvalue weighted by atomic mass is 16.3. The summed E-state index contributed by atoms with van der Waals surface area (Å²) in [7, 11) is 0. The maximum absolute atomic E-state index is 9.50. The minimum absolute atomic E-state index is 0.0120. The van der Waals surface area contributed by atoms with Crippen LogP contribution in [0.25, 0.3) is 0 Å². The highest BCUT2D eigenvalue weighted by Crippen LogP contribution is 2.31. The molecule has 0 saturated carbocycles. The Morgan fingerprint density at radius 3 is 2.27 bits per heavy atom. The van der Waals surface area contributed by atoms with Gasteiger partial charge >= 0.3 is 0 Å². The van der Waals surface area contributed by atoms with Crippen LogP contribution in [0.15, 0.2) is 0 Å². The van der Waals surface area contributed by atoms with Crippen LogP contribution in [-0.2, 0) is 0 Å². The molecule has 0 aromatic carbocycles. The van der Waals surface area contributed by atoms with Gasteiger partial charge in [0.1, 0.15) is 0 Å². The molecule has 0 aliphatic rings. The van der Waals surface area contributed by atoms with E-state index in [1.54, 1.807) is 0 Å². The first-order valence-corrected chi connectivity index (χ1v) is 6.41. The van der Waals surface area contributed by atoms with Gasteiger partial charge in [-0.2, -0.15) is 0 Å². The van der Waals surface area contributed by atoms with E-state index in [4.69, 9.17) is 5.73 Å². The molecule has 0 amide bonds. The van der Waals surface area contributed by atoms with Gasteiger partial charge in [-0.05, 0) is 18.8 Å². The molecule has 0 saturated heterocycles. The van der Waals surface area contributed by atoms with Crippen LogP contribution in [0, 0.1) is 11.3 Å². The van der Waals surface area contributed by atoms with Gasteiger partial charge in [-0.15, -0.1) is 0 Å². The Kier molecular flexibility index (Phi) is 8.07. The van der Waals surface area contributed by atoms with E-state index in [-0.39, 0.29) is 12.0 Å². The third-order valence-electron chi connectivity index (χ3n) is 3.17. The fourth-order valence-electron chi connectivity index (χ4n) is 2.29. The molecule has 1 atom stereocenters. The standard InChI is InChI=1S/C13H29NO/c1-4-5-6-7-8-13(10-14,11-15)9-12(2)3/h12,15H,4-11,14H2,1-3H3. The van der Waals surface area contributed by atoms with Gasteiger partial charge in [0.15, 0.2) is 0 Å². The largest absolute Gasteiger partial charge is 0.396 e. The first-order valence-electron chi connectivity index (χ1n) is 6.41. The third-order valence-corrected chi connectivity index (χ3v) is 3.17. The molecule has 0 heterocycles. The van der Waals surface area contributed by atoms with Crippen molar-refractivity contribution in [2.75, 3.05) is 13.2 Å². The Morgan fingerprint density at radius 2 is 1.87 bits per heavy atom. The molecule has 0 bridgehead atoms. The Morgan fingerprint density at radius 1 is 1.20 bits per heavy atom. The summed E-state index contributed by atoms with van der Waals surface area (Å²) < 4.78 is 0. The Balaban J connectivity index is 4.00. The molecule has 0 aliphatic carbocycles. The van der Waals surface area contributed by atoms with Crippen LogP contribution < -0.4 is 5.73 Å². The Labute approximate surface area is 95.3 Å². The molecule has 0 radical (unpaired) electrons. The molecule has 0 fully saturated rings. The van der Waals surface area contributed by atoms with Gasteiger partial charge in [0.05, 0.1) is 0 Å². The first kappa shape index (κ1) is 14.9. The summed E-state index contributed by atoms with van der Waals surface area (Å²) in [5, 5.41) is 9.50. The lowest BCUT2D eigenvalue weighted by Crippen LogP contribution is -2.35. The zero-order valence-corrected chi connectivity index (χ0v) is 10.8. The van der Waals surface area contributed by atoms with E-state index in [9.17, 15) is 5.11 Å². The third kappa shape index (κ3) is 6.16. The molecule has 0 rings (SSSR count). The van der Waals surface area contributed by atoms with Gasteiger partial charge < -0.3 is 10.8 Å². The SMILES string of the molecule is CCCCCCC(CN)(CO)CC(C)C. The second-order valence-corrected chi connectivity index (χ2v) is 5.27. The second kappa shape index (κ2) is 8.12. The molecule has 1 unspecified atom stereocenters. The van der Waals surface area contributed by atoms with Crippen molar-refractivity contribution in [3.05, 3.63) is 0 Å². The molecule has 0 aromatic heterocycles. The van der Waals surface area contributed by atoms with Crippen molar-refractivity contribution in [2.24, 2.45) is 17.1 Å². The number of nitrogens with two attached hydrogens (primary N) is 1. The highest BCUT2D eigenvalue weighted by molar-refractivity contribution is 4.80. The van der Waals surface area contributed by atoms with Crippen LogP contribution >= 0.6 is 0 Å². The summed E-state index contributed by atoms with van der Waals surface area (Å²) in [6, 6.07) is 0. The van der Waals surface area contributed by atoms with Crippen LogP contribution in [-0.4, -0.2) is 18.3 Å². The topological polar surface area (TPSA) is 46.2 Å². The van der Waals surface area contributed by atoms with E-state index >= 15 is 0 Å². The van der Waals surface area contributed by atoms with Crippen LogP contribution in [0.1, 0.15) is 59.3 Å². The number of rotatable bonds is 9. The fraction of sp³-hybridized carbons (Fsp3) is 1.00. The number of hydrogen-bond acceptors (Lipinski definition) is 2. The summed E-state index contributed by atoms with van der Waals surface area (Å²) in [6.45, 7) is 7.48. The van der Waals surface area contributed by atoms with E-state index in [1.165, 1.54) is 25.7 Å². The summed E-state index contributed by atoms with van der Waals surface area (Å²) >= 11 is 0. The molecule has 15 heavy (non-hydrogen) atoms. The minimum Gasteiger partial charge on any atom is -0.396 e. The van der Waals surface area contributed by atoms with Crippen LogP contribution in [0.2, 0.25) is 0 Å². The summed E-state index contributed by atoms with van der Waals surface area (Å²) in [6.07, 6.45) is 7.17. The average molecular weight is 215 g/mol. The van der Waals surface area contributed by atoms with Gasteiger partial charge in [0.25, 0.3) is 0 Å². The zero-order valence-electron chi connectivity index (χ0n) is 10.8. The highest BCUT2D eigenvalue weighted by Gasteiger charge is 2.28. The van der Waals surface area contributed by atoms with Crippen molar-refractivity contribution in [3.63, 3.8) is 0 Å². The van der Waals surface area contributed by atoms with Crippen LogP contribution in [0.3, 0.4) is 0 Å². The summed E-state index contributed by atoms with van der Waals surface area (Å²) in [5.74, 6) is 0.617. The van der Waals surface area contributed by atoms with Crippen molar-refractivity contribution >= 4 is 0 Å². The molecule has 0 aliphatic heterocycles. The fourth-order valence-corrected chi connectivity index (χ4v) is 2.29. The zero-order chi connectivity index (χ0) is 11.7. The Hall–Kier alpha value is -0.0800. The molecular weight excluding hydrogens is 186 g/mol. The molecule has 0 aromatic rings. The molecular formula is C13H29NO. The van der Waals surface area contributed by atoms with Crippen LogP contribution in [0.4, 0.5) is 0 Å². The van der Waals surface area contributed by atoms with E-state index < -0.39 is 0 Å². The van der Waals surface area contributed by atoms with E-state index in [0.717, 1.165) is 12.8 Å². The van der Waals surface area contributed by atoms with E-state index in [0.29, 0.717) is 12.5 Å². The van der Waals surface area contributed by atoms with Gasteiger partial charge in [-0.1, -0.05) is 46.5 Å². The normalized spacial score (nSPS) is 15.6. The van der Waals surface area contributed by atoms with Crippen molar-refractivity contribution in [1.29, 1.82) is 0 Å². The predicted molar refractivity (Wildman–Crippen MR) is 66.8 cm³/mol. The molecule has 2 heteroatoms. The van der Waals surface area contributed by atoms with Gasteiger partial charge in [0.2, 0.25) is 0 Å². The lowest BCUT2D eigenvalue weighted by molar-refractivity contribution is 0.0956. The molecule has 3 N–H and O–H groups in total. The lowest BCUT2D eigenvalue weighted by atomic mass is 9.76. The van der Waals surface area contributed by atoms with Crippen molar-refractivity contribution in [2.45, 2.75) is 59.3 Å². The second-order valence-electron chi connectivity index (χ2n) is 5.27. The van der Waals surface area contributed by atoms with Gasteiger partial charge in [-0.25, -0.2) is 0 Å². The van der Waals surface area contributed by atoms with Gasteiger partial charge in [0, 0.05) is 18.6 Å². The monoisotopic (exact) mass is 215 g/mol. The van der Waals surface area contributed by atoms with E-state index in [1.807, 2.05) is 0 Å². The first-order chi connectivity index (χ1) is 7.10. The summed E-state index contributed by atoms with van der Waals surface area (Å²) in [4.78, 5) is 0. The average Bonchev–Trinajstić information content (AvgIpc) is 2.22. The maximum atomic E-state index is 9.50. The maximum Gasteiger partial charge on any atom is 0.0499 e. The van der Waals surface area contributed by atoms with E-state index in [2.05, 4.69) is 20.8 Å². The van der Waals surface area contributed by atoms with Gasteiger partial charge in [-0.3, -0.25) is 0 Å². The predicted octanol–water partition coefficient (Wildman–Crippen LogP) is 2.94. The van der Waals surface area contributed by atoms with Crippen LogP contribution in [0.5, 0.6) is 0 Å². The molecule has 92 valence electrons. The Bertz CT molecular complexity index is 141. The van der Waals surface area contributed by atoms with Crippen molar-refractivity contribution < 1.29 is 5.11 Å². The van der Waals surface area contributed by atoms with Crippen molar-refractivity contribution in [1.82, 2.24) is 0 Å². The van der Waals surface area contributed by atoms with Crippen molar-refractivity contribution in [3.8, 4) is 0 Å². The smallest absolute Gasteiger partial charge is 0.0499 e. The number of aliphatic hydroxyl groups is 1. The number of unbranched alkanes of at least 4 members (excludes halogenated alkanes) is 3. The molecule has 0 spiro atoms. The lowest BCUT2D eigenvalue weighted by Gasteiger charge is -2.32. The summed E-state index contributed by atoms with van der Waals surface area (Å²) in [5.41, 5.74) is 5.81. The number of aliphatic hydroxyl groups excluding tert-OH is 1. The number of hydrogen-bond donors (Lipinski definition) is 2. The quantitative estimate of drug-likeness (QED) is 0.581.